The molecule has 0 bridgehead atoms. The van der Waals surface area contributed by atoms with E-state index in [0.717, 1.165) is 35.9 Å². The van der Waals surface area contributed by atoms with E-state index in [1.807, 2.05) is 24.3 Å². The first kappa shape index (κ1) is 15.1. The standard InChI is InChI=1S/C16H22ClN3/c1-4-16(5-2,6-3)20-19-14-9-10-18-15-11-12(17)7-8-13(14)15/h7-11,20H,4-6H2,1-3H3,(H,18,19). The Morgan fingerprint density at radius 1 is 1.10 bits per heavy atom. The fourth-order valence-corrected chi connectivity index (χ4v) is 2.61. The van der Waals surface area contributed by atoms with Gasteiger partial charge in [-0.3, -0.25) is 4.98 Å². The van der Waals surface area contributed by atoms with E-state index in [2.05, 4.69) is 36.6 Å². The molecule has 0 aliphatic carbocycles. The molecule has 3 nitrogen and oxygen atoms in total. The molecule has 0 unspecified atom stereocenters. The van der Waals surface area contributed by atoms with Crippen LogP contribution in [0.5, 0.6) is 0 Å². The van der Waals surface area contributed by atoms with Crippen LogP contribution in [0.3, 0.4) is 0 Å². The lowest BCUT2D eigenvalue weighted by molar-refractivity contribution is 0.312. The summed E-state index contributed by atoms with van der Waals surface area (Å²) in [5.41, 5.74) is 8.93. The first-order valence-electron chi connectivity index (χ1n) is 7.21. The zero-order chi connectivity index (χ0) is 14.6. The third-order valence-corrected chi connectivity index (χ3v) is 4.43. The molecule has 0 amide bonds. The van der Waals surface area contributed by atoms with E-state index in [-0.39, 0.29) is 5.54 Å². The molecule has 1 aromatic heterocycles. The Bertz CT molecular complexity index is 571. The number of pyridine rings is 1. The van der Waals surface area contributed by atoms with Crippen LogP contribution in [0.15, 0.2) is 30.5 Å². The summed E-state index contributed by atoms with van der Waals surface area (Å²) in [6, 6.07) is 7.76. The number of hydrogen-bond acceptors (Lipinski definition) is 3. The van der Waals surface area contributed by atoms with Crippen molar-refractivity contribution in [2.45, 2.75) is 45.6 Å². The van der Waals surface area contributed by atoms with Gasteiger partial charge in [-0.2, -0.15) is 0 Å². The van der Waals surface area contributed by atoms with Crippen LogP contribution in [0, 0.1) is 0 Å². The minimum absolute atomic E-state index is 0.127. The smallest absolute Gasteiger partial charge is 0.0738 e. The predicted molar refractivity (Wildman–Crippen MR) is 87.1 cm³/mol. The number of fused-ring (bicyclic) bond motifs is 1. The summed E-state index contributed by atoms with van der Waals surface area (Å²) in [5.74, 6) is 0. The maximum Gasteiger partial charge on any atom is 0.0738 e. The molecule has 0 radical (unpaired) electrons. The van der Waals surface area contributed by atoms with Crippen LogP contribution >= 0.6 is 11.6 Å². The van der Waals surface area contributed by atoms with Crippen molar-refractivity contribution < 1.29 is 0 Å². The lowest BCUT2D eigenvalue weighted by Crippen LogP contribution is -2.46. The molecule has 0 saturated heterocycles. The van der Waals surface area contributed by atoms with Crippen LogP contribution in [0.25, 0.3) is 10.9 Å². The van der Waals surface area contributed by atoms with Gasteiger partial charge in [-0.05, 0) is 43.5 Å². The molecule has 2 rings (SSSR count). The first-order chi connectivity index (χ1) is 9.64. The van der Waals surface area contributed by atoms with Crippen LogP contribution in [-0.2, 0) is 0 Å². The highest BCUT2D eigenvalue weighted by molar-refractivity contribution is 6.31. The second-order valence-corrected chi connectivity index (χ2v) is 5.55. The zero-order valence-electron chi connectivity index (χ0n) is 12.3. The van der Waals surface area contributed by atoms with E-state index in [1.54, 1.807) is 6.20 Å². The fourth-order valence-electron chi connectivity index (χ4n) is 2.45. The molecule has 0 saturated carbocycles. The van der Waals surface area contributed by atoms with Crippen molar-refractivity contribution in [2.75, 3.05) is 5.43 Å². The van der Waals surface area contributed by atoms with Gasteiger partial charge >= 0.3 is 0 Å². The second kappa shape index (κ2) is 6.42. The Labute approximate surface area is 125 Å². The lowest BCUT2D eigenvalue weighted by atomic mass is 9.91. The number of nitrogens with zero attached hydrogens (tertiary/aromatic N) is 1. The molecule has 0 atom stereocenters. The number of nitrogens with one attached hydrogen (secondary N) is 2. The fraction of sp³-hybridized carbons (Fsp3) is 0.438. The molecule has 1 aromatic carbocycles. The molecule has 0 aliphatic heterocycles. The Morgan fingerprint density at radius 3 is 2.45 bits per heavy atom. The molecule has 1 heterocycles. The number of hydrogen-bond donors (Lipinski definition) is 2. The van der Waals surface area contributed by atoms with Gasteiger partial charge in [0.1, 0.15) is 0 Å². The SMILES string of the molecule is CCC(CC)(CC)NNc1ccnc2cc(Cl)ccc12. The van der Waals surface area contributed by atoms with Crippen molar-refractivity contribution in [2.24, 2.45) is 0 Å². The van der Waals surface area contributed by atoms with Gasteiger partial charge in [0.15, 0.2) is 0 Å². The van der Waals surface area contributed by atoms with Gasteiger partial charge in [0.2, 0.25) is 0 Å². The Morgan fingerprint density at radius 2 is 1.80 bits per heavy atom. The van der Waals surface area contributed by atoms with Crippen molar-refractivity contribution in [1.29, 1.82) is 0 Å². The molecule has 4 heteroatoms. The van der Waals surface area contributed by atoms with Crippen molar-refractivity contribution in [3.8, 4) is 0 Å². The van der Waals surface area contributed by atoms with Crippen LogP contribution in [-0.4, -0.2) is 10.5 Å². The Hall–Kier alpha value is -1.32. The van der Waals surface area contributed by atoms with Crippen LogP contribution in [0.2, 0.25) is 5.02 Å². The summed E-state index contributed by atoms with van der Waals surface area (Å²) in [6.45, 7) is 6.64. The largest absolute Gasteiger partial charge is 0.320 e. The number of benzene rings is 1. The van der Waals surface area contributed by atoms with Crippen molar-refractivity contribution >= 4 is 28.2 Å². The van der Waals surface area contributed by atoms with Crippen LogP contribution < -0.4 is 10.9 Å². The van der Waals surface area contributed by atoms with Crippen LogP contribution in [0.1, 0.15) is 40.0 Å². The molecule has 0 spiro atoms. The Kier molecular flexibility index (Phi) is 4.84. The second-order valence-electron chi connectivity index (χ2n) is 5.11. The number of hydrazine groups is 1. The highest BCUT2D eigenvalue weighted by Crippen LogP contribution is 2.25. The highest BCUT2D eigenvalue weighted by Gasteiger charge is 2.23. The molecule has 20 heavy (non-hydrogen) atoms. The van der Waals surface area contributed by atoms with E-state index in [1.165, 1.54) is 0 Å². The molecular weight excluding hydrogens is 270 g/mol. The van der Waals surface area contributed by atoms with Gasteiger partial charge < -0.3 is 5.43 Å². The summed E-state index contributed by atoms with van der Waals surface area (Å²) in [7, 11) is 0. The monoisotopic (exact) mass is 291 g/mol. The molecule has 108 valence electrons. The maximum absolute atomic E-state index is 6.01. The summed E-state index contributed by atoms with van der Waals surface area (Å²) < 4.78 is 0. The number of rotatable bonds is 6. The molecular formula is C16H22ClN3. The molecule has 0 fully saturated rings. The zero-order valence-corrected chi connectivity index (χ0v) is 13.1. The summed E-state index contributed by atoms with van der Waals surface area (Å²) in [4.78, 5) is 4.36. The number of halogens is 1. The molecule has 0 aliphatic rings. The first-order valence-corrected chi connectivity index (χ1v) is 7.59. The molecule has 2 aromatic rings. The van der Waals surface area contributed by atoms with Crippen molar-refractivity contribution in [1.82, 2.24) is 10.4 Å². The summed E-state index contributed by atoms with van der Waals surface area (Å²) >= 11 is 6.01. The normalized spacial score (nSPS) is 11.8. The predicted octanol–water partition coefficient (Wildman–Crippen LogP) is 4.77. The van der Waals surface area contributed by atoms with Gasteiger partial charge in [-0.1, -0.05) is 32.4 Å². The van der Waals surface area contributed by atoms with Gasteiger partial charge in [-0.15, -0.1) is 0 Å². The van der Waals surface area contributed by atoms with Gasteiger partial charge in [0.05, 0.1) is 11.2 Å². The topological polar surface area (TPSA) is 37.0 Å². The summed E-state index contributed by atoms with van der Waals surface area (Å²) in [5, 5.41) is 1.78. The maximum atomic E-state index is 6.01. The minimum atomic E-state index is 0.127. The van der Waals surface area contributed by atoms with E-state index < -0.39 is 0 Å². The average Bonchev–Trinajstić information content (AvgIpc) is 2.49. The Balaban J connectivity index is 2.26. The van der Waals surface area contributed by atoms with Crippen LogP contribution in [0.4, 0.5) is 5.69 Å². The van der Waals surface area contributed by atoms with E-state index >= 15 is 0 Å². The van der Waals surface area contributed by atoms with E-state index in [4.69, 9.17) is 11.6 Å². The van der Waals surface area contributed by atoms with E-state index in [9.17, 15) is 0 Å². The third-order valence-electron chi connectivity index (χ3n) is 4.20. The number of anilines is 1. The van der Waals surface area contributed by atoms with Crippen molar-refractivity contribution in [3.63, 3.8) is 0 Å². The lowest BCUT2D eigenvalue weighted by Gasteiger charge is -2.32. The van der Waals surface area contributed by atoms with Gasteiger partial charge in [0, 0.05) is 22.1 Å². The van der Waals surface area contributed by atoms with Gasteiger partial charge in [-0.25, -0.2) is 5.43 Å². The third kappa shape index (κ3) is 3.05. The highest BCUT2D eigenvalue weighted by atomic mass is 35.5. The number of aromatic nitrogens is 1. The minimum Gasteiger partial charge on any atom is -0.320 e. The average molecular weight is 292 g/mol. The van der Waals surface area contributed by atoms with Gasteiger partial charge in [0.25, 0.3) is 0 Å². The quantitative estimate of drug-likeness (QED) is 0.753. The van der Waals surface area contributed by atoms with E-state index in [0.29, 0.717) is 5.02 Å². The summed E-state index contributed by atoms with van der Waals surface area (Å²) in [6.07, 6.45) is 5.06. The van der Waals surface area contributed by atoms with Crippen molar-refractivity contribution in [3.05, 3.63) is 35.5 Å². The molecule has 2 N–H and O–H groups in total.